The van der Waals surface area contributed by atoms with E-state index in [0.29, 0.717) is 12.0 Å². The number of fused-ring (bicyclic) bond motifs is 2. The highest BCUT2D eigenvalue weighted by Gasteiger charge is 2.19. The Bertz CT molecular complexity index is 1100. The number of rotatable bonds is 3. The Morgan fingerprint density at radius 1 is 1.11 bits per heavy atom. The highest BCUT2D eigenvalue weighted by Crippen LogP contribution is 2.27. The normalized spacial score (nSPS) is 14.3. The zero-order valence-electron chi connectivity index (χ0n) is 16.3. The Labute approximate surface area is 164 Å². The van der Waals surface area contributed by atoms with Gasteiger partial charge in [-0.3, -0.25) is 14.6 Å². The monoisotopic (exact) mass is 373 g/mol. The van der Waals surface area contributed by atoms with E-state index < -0.39 is 0 Å². The Hall–Kier alpha value is -3.21. The third-order valence-corrected chi connectivity index (χ3v) is 5.21. The van der Waals surface area contributed by atoms with E-state index in [1.807, 2.05) is 57.2 Å². The number of nitrogens with zero attached hydrogens (tertiary/aromatic N) is 1. The van der Waals surface area contributed by atoms with Crippen LogP contribution in [0.15, 0.2) is 42.5 Å². The van der Waals surface area contributed by atoms with Gasteiger partial charge >= 0.3 is 0 Å². The van der Waals surface area contributed by atoms with Crippen LogP contribution in [-0.4, -0.2) is 16.8 Å². The third-order valence-electron chi connectivity index (χ3n) is 5.21. The van der Waals surface area contributed by atoms with Gasteiger partial charge in [-0.15, -0.1) is 0 Å². The minimum absolute atomic E-state index is 0.0526. The van der Waals surface area contributed by atoms with E-state index in [9.17, 15) is 9.59 Å². The number of hydrogen-bond donors (Lipinski definition) is 2. The predicted molar refractivity (Wildman–Crippen MR) is 110 cm³/mol. The lowest BCUT2D eigenvalue weighted by atomic mass is 9.97. The first-order valence-corrected chi connectivity index (χ1v) is 9.52. The average Bonchev–Trinajstić information content (AvgIpc) is 2.67. The molecule has 2 N–H and O–H groups in total. The second-order valence-corrected chi connectivity index (χ2v) is 7.49. The highest BCUT2D eigenvalue weighted by atomic mass is 16.2. The minimum Gasteiger partial charge on any atom is -0.345 e. The Kier molecular flexibility index (Phi) is 4.59. The second-order valence-electron chi connectivity index (χ2n) is 7.49. The molecule has 2 heterocycles. The van der Waals surface area contributed by atoms with Crippen LogP contribution in [0.1, 0.15) is 52.1 Å². The largest absolute Gasteiger partial charge is 0.345 e. The van der Waals surface area contributed by atoms with Crippen LogP contribution < -0.4 is 10.6 Å². The van der Waals surface area contributed by atoms with Crippen molar-refractivity contribution in [2.75, 3.05) is 5.32 Å². The van der Waals surface area contributed by atoms with E-state index in [0.717, 1.165) is 45.4 Å². The van der Waals surface area contributed by atoms with Gasteiger partial charge in [0.1, 0.15) is 0 Å². The summed E-state index contributed by atoms with van der Waals surface area (Å²) in [6, 6.07) is 13.6. The average molecular weight is 373 g/mol. The number of carbonyl (C=O) groups excluding carboxylic acids is 2. The van der Waals surface area contributed by atoms with Crippen molar-refractivity contribution in [3.8, 4) is 0 Å². The SMILES string of the molecule is Cc1ccc2nc(C)cc(C(=O)NC(C)c3ccc4c(c3)CCC(=O)N4)c2c1. The van der Waals surface area contributed by atoms with Crippen molar-refractivity contribution in [1.82, 2.24) is 10.3 Å². The van der Waals surface area contributed by atoms with Gasteiger partial charge in [-0.05, 0) is 62.6 Å². The number of anilines is 1. The quantitative estimate of drug-likeness (QED) is 0.722. The fourth-order valence-electron chi connectivity index (χ4n) is 3.69. The van der Waals surface area contributed by atoms with Gasteiger partial charge in [0, 0.05) is 23.2 Å². The van der Waals surface area contributed by atoms with Crippen LogP contribution >= 0.6 is 0 Å². The summed E-state index contributed by atoms with van der Waals surface area (Å²) < 4.78 is 0. The predicted octanol–water partition coefficient (Wildman–Crippen LogP) is 4.23. The summed E-state index contributed by atoms with van der Waals surface area (Å²) in [5, 5.41) is 6.87. The fraction of sp³-hybridized carbons (Fsp3) is 0.261. The molecule has 0 saturated carbocycles. The summed E-state index contributed by atoms with van der Waals surface area (Å²) in [4.78, 5) is 29.1. The van der Waals surface area contributed by atoms with E-state index in [4.69, 9.17) is 0 Å². The van der Waals surface area contributed by atoms with Gasteiger partial charge in [-0.2, -0.15) is 0 Å². The molecule has 142 valence electrons. The highest BCUT2D eigenvalue weighted by molar-refractivity contribution is 6.06. The lowest BCUT2D eigenvalue weighted by Gasteiger charge is -2.21. The number of aryl methyl sites for hydroxylation is 3. The van der Waals surface area contributed by atoms with Gasteiger partial charge in [0.25, 0.3) is 5.91 Å². The van der Waals surface area contributed by atoms with Gasteiger partial charge in [-0.25, -0.2) is 0 Å². The van der Waals surface area contributed by atoms with Crippen LogP contribution in [0.25, 0.3) is 10.9 Å². The van der Waals surface area contributed by atoms with E-state index >= 15 is 0 Å². The topological polar surface area (TPSA) is 71.1 Å². The second kappa shape index (κ2) is 7.08. The molecule has 0 fully saturated rings. The number of pyridine rings is 1. The molecule has 5 nitrogen and oxygen atoms in total. The van der Waals surface area contributed by atoms with Crippen LogP contribution in [0, 0.1) is 13.8 Å². The number of aromatic nitrogens is 1. The number of hydrogen-bond acceptors (Lipinski definition) is 3. The van der Waals surface area contributed by atoms with Gasteiger partial charge < -0.3 is 10.6 Å². The maximum absolute atomic E-state index is 13.0. The number of carbonyl (C=O) groups is 2. The molecule has 5 heteroatoms. The summed E-state index contributed by atoms with van der Waals surface area (Å²) in [6.45, 7) is 5.88. The Morgan fingerprint density at radius 3 is 2.75 bits per heavy atom. The molecule has 0 saturated heterocycles. The molecule has 1 unspecified atom stereocenters. The van der Waals surface area contributed by atoms with Gasteiger partial charge in [-0.1, -0.05) is 23.8 Å². The van der Waals surface area contributed by atoms with Gasteiger partial charge in [0.05, 0.1) is 17.1 Å². The lowest BCUT2D eigenvalue weighted by Crippen LogP contribution is -2.27. The molecule has 0 bridgehead atoms. The number of amides is 2. The molecular weight excluding hydrogens is 350 g/mol. The summed E-state index contributed by atoms with van der Waals surface area (Å²) in [7, 11) is 0. The molecule has 1 aliphatic heterocycles. The molecule has 28 heavy (non-hydrogen) atoms. The minimum atomic E-state index is -0.149. The van der Waals surface area contributed by atoms with Crippen LogP contribution in [0.5, 0.6) is 0 Å². The molecule has 1 aliphatic rings. The lowest BCUT2D eigenvalue weighted by molar-refractivity contribution is -0.116. The zero-order chi connectivity index (χ0) is 19.8. The third kappa shape index (κ3) is 3.48. The summed E-state index contributed by atoms with van der Waals surface area (Å²) in [5.74, 6) is -0.0588. The molecule has 1 aromatic heterocycles. The van der Waals surface area contributed by atoms with E-state index in [1.165, 1.54) is 0 Å². The van der Waals surface area contributed by atoms with Crippen LogP contribution in [0.4, 0.5) is 5.69 Å². The van der Waals surface area contributed by atoms with Crippen LogP contribution in [-0.2, 0) is 11.2 Å². The molecule has 2 amide bonds. The summed E-state index contributed by atoms with van der Waals surface area (Å²) in [6.07, 6.45) is 1.22. The fourth-order valence-corrected chi connectivity index (χ4v) is 3.69. The molecule has 1 atom stereocenters. The number of benzene rings is 2. The summed E-state index contributed by atoms with van der Waals surface area (Å²) in [5.41, 5.74) is 6.38. The van der Waals surface area contributed by atoms with Crippen molar-refractivity contribution in [3.05, 3.63) is 70.4 Å². The Balaban J connectivity index is 1.61. The molecule has 0 radical (unpaired) electrons. The number of nitrogens with one attached hydrogen (secondary N) is 2. The molecule has 0 spiro atoms. The zero-order valence-corrected chi connectivity index (χ0v) is 16.3. The van der Waals surface area contributed by atoms with Crippen molar-refractivity contribution >= 4 is 28.4 Å². The first-order chi connectivity index (χ1) is 13.4. The molecule has 2 aromatic carbocycles. The molecule has 3 aromatic rings. The van der Waals surface area contributed by atoms with Crippen molar-refractivity contribution < 1.29 is 9.59 Å². The van der Waals surface area contributed by atoms with E-state index in [-0.39, 0.29) is 17.9 Å². The first-order valence-electron chi connectivity index (χ1n) is 9.52. The van der Waals surface area contributed by atoms with E-state index in [1.54, 1.807) is 0 Å². The van der Waals surface area contributed by atoms with Crippen molar-refractivity contribution in [1.29, 1.82) is 0 Å². The van der Waals surface area contributed by atoms with Crippen LogP contribution in [0.3, 0.4) is 0 Å². The molecule has 0 aliphatic carbocycles. The van der Waals surface area contributed by atoms with Gasteiger partial charge in [0.2, 0.25) is 5.91 Å². The maximum Gasteiger partial charge on any atom is 0.252 e. The first kappa shape index (κ1) is 18.2. The van der Waals surface area contributed by atoms with Crippen molar-refractivity contribution in [2.45, 2.75) is 39.7 Å². The standard InChI is InChI=1S/C23H23N3O2/c1-13-4-7-21-18(10-13)19(11-14(2)24-21)23(28)25-15(3)16-5-8-20-17(12-16)6-9-22(27)26-20/h4-5,7-8,10-12,15H,6,9H2,1-3H3,(H,25,28)(H,26,27). The molecular formula is C23H23N3O2. The molecule has 4 rings (SSSR count). The Morgan fingerprint density at radius 2 is 1.93 bits per heavy atom. The smallest absolute Gasteiger partial charge is 0.252 e. The van der Waals surface area contributed by atoms with Crippen molar-refractivity contribution in [2.24, 2.45) is 0 Å². The summed E-state index contributed by atoms with van der Waals surface area (Å²) >= 11 is 0. The van der Waals surface area contributed by atoms with Crippen LogP contribution in [0.2, 0.25) is 0 Å². The van der Waals surface area contributed by atoms with Crippen molar-refractivity contribution in [3.63, 3.8) is 0 Å². The van der Waals surface area contributed by atoms with E-state index in [2.05, 4.69) is 21.7 Å². The van der Waals surface area contributed by atoms with Gasteiger partial charge in [0.15, 0.2) is 0 Å². The maximum atomic E-state index is 13.0.